The average Bonchev–Trinajstić information content (AvgIpc) is 3.19. The van der Waals surface area contributed by atoms with Gasteiger partial charge in [-0.3, -0.25) is 14.4 Å². The van der Waals surface area contributed by atoms with Crippen LogP contribution in [0.5, 0.6) is 0 Å². The lowest BCUT2D eigenvalue weighted by Gasteiger charge is -2.25. The minimum Gasteiger partial charge on any atom is -0.299 e. The molecule has 1 N–H and O–H groups in total. The SMILES string of the molecule is CCSc1nnc(NC(=O)CN(c2ccc(Cl)c(C(F)(F)F)c2)S(=O)(=O)c2ccc(C)cc2)s1. The van der Waals surface area contributed by atoms with E-state index in [0.29, 0.717) is 14.7 Å². The number of nitrogens with one attached hydrogen (secondary N) is 1. The van der Waals surface area contributed by atoms with Crippen LogP contribution in [0.3, 0.4) is 0 Å². The Morgan fingerprint density at radius 3 is 2.47 bits per heavy atom. The molecule has 0 unspecified atom stereocenters. The summed E-state index contributed by atoms with van der Waals surface area (Å²) < 4.78 is 68.2. The maximum absolute atomic E-state index is 13.4. The van der Waals surface area contributed by atoms with Crippen molar-refractivity contribution >= 4 is 61.4 Å². The molecular weight excluding hydrogens is 533 g/mol. The predicted molar refractivity (Wildman–Crippen MR) is 127 cm³/mol. The summed E-state index contributed by atoms with van der Waals surface area (Å²) in [6.07, 6.45) is -4.82. The van der Waals surface area contributed by atoms with Gasteiger partial charge in [0.25, 0.3) is 10.0 Å². The van der Waals surface area contributed by atoms with Crippen LogP contribution >= 0.6 is 34.7 Å². The molecule has 0 saturated carbocycles. The number of anilines is 2. The van der Waals surface area contributed by atoms with E-state index < -0.39 is 39.2 Å². The van der Waals surface area contributed by atoms with Crippen LogP contribution in [-0.4, -0.2) is 36.8 Å². The van der Waals surface area contributed by atoms with Crippen LogP contribution in [0.1, 0.15) is 18.1 Å². The van der Waals surface area contributed by atoms with E-state index in [4.69, 9.17) is 11.6 Å². The van der Waals surface area contributed by atoms with Gasteiger partial charge < -0.3 is 0 Å². The number of carbonyl (C=O) groups excluding carboxylic acids is 1. The fraction of sp³-hybridized carbons (Fsp3) is 0.250. The van der Waals surface area contributed by atoms with E-state index in [2.05, 4.69) is 15.5 Å². The maximum Gasteiger partial charge on any atom is 0.417 e. The smallest absolute Gasteiger partial charge is 0.299 e. The van der Waals surface area contributed by atoms with Crippen molar-refractivity contribution in [2.75, 3.05) is 21.9 Å². The highest BCUT2D eigenvalue weighted by Crippen LogP contribution is 2.38. The van der Waals surface area contributed by atoms with E-state index in [1.54, 1.807) is 19.1 Å². The highest BCUT2D eigenvalue weighted by atomic mass is 35.5. The monoisotopic (exact) mass is 550 g/mol. The van der Waals surface area contributed by atoms with Gasteiger partial charge in [0.05, 0.1) is 21.2 Å². The van der Waals surface area contributed by atoms with Crippen LogP contribution < -0.4 is 9.62 Å². The first-order chi connectivity index (χ1) is 15.9. The lowest BCUT2D eigenvalue weighted by Crippen LogP contribution is -2.38. The zero-order chi connectivity index (χ0) is 25.1. The topological polar surface area (TPSA) is 92.3 Å². The molecule has 2 aromatic carbocycles. The van der Waals surface area contributed by atoms with Gasteiger partial charge in [0, 0.05) is 0 Å². The number of nitrogens with zero attached hydrogens (tertiary/aromatic N) is 3. The molecule has 0 radical (unpaired) electrons. The van der Waals surface area contributed by atoms with Crippen molar-refractivity contribution in [1.82, 2.24) is 10.2 Å². The van der Waals surface area contributed by atoms with Crippen molar-refractivity contribution in [3.8, 4) is 0 Å². The Kier molecular flexibility index (Phi) is 8.11. The number of thioether (sulfide) groups is 1. The molecular formula is C20H18ClF3N4O3S3. The standard InChI is InChI=1S/C20H18ClF3N4O3S3/c1-3-32-19-27-26-18(33-19)25-17(29)11-28(34(30,31)14-7-4-12(2)5-8-14)13-6-9-16(21)15(10-13)20(22,23)24/h4-10H,3,11H2,1-2H3,(H,25,26,29). The van der Waals surface area contributed by atoms with Crippen LogP contribution in [0.4, 0.5) is 24.0 Å². The van der Waals surface area contributed by atoms with Gasteiger partial charge in [-0.1, -0.05) is 59.3 Å². The second kappa shape index (κ2) is 10.5. The van der Waals surface area contributed by atoms with Crippen molar-refractivity contribution in [2.45, 2.75) is 29.3 Å². The maximum atomic E-state index is 13.4. The molecule has 0 atom stereocenters. The minimum absolute atomic E-state index is 0.140. The number of sulfonamides is 1. The molecule has 14 heteroatoms. The number of aromatic nitrogens is 2. The third kappa shape index (κ3) is 6.20. The summed E-state index contributed by atoms with van der Waals surface area (Å²) in [5.74, 6) is -0.0631. The first-order valence-corrected chi connectivity index (χ1v) is 13.3. The Morgan fingerprint density at radius 1 is 1.18 bits per heavy atom. The Labute approximate surface area is 207 Å². The molecule has 0 aliphatic heterocycles. The fourth-order valence-electron chi connectivity index (χ4n) is 2.77. The largest absolute Gasteiger partial charge is 0.417 e. The molecule has 182 valence electrons. The number of benzene rings is 2. The van der Waals surface area contributed by atoms with E-state index in [-0.39, 0.29) is 15.7 Å². The third-order valence-electron chi connectivity index (χ3n) is 4.36. The second-order valence-electron chi connectivity index (χ2n) is 6.84. The molecule has 1 aromatic heterocycles. The molecule has 0 aliphatic rings. The Hall–Kier alpha value is -2.35. The van der Waals surface area contributed by atoms with Crippen molar-refractivity contribution in [3.63, 3.8) is 0 Å². The van der Waals surface area contributed by atoms with E-state index >= 15 is 0 Å². The van der Waals surface area contributed by atoms with Crippen LogP contribution in [-0.2, 0) is 21.0 Å². The first kappa shape index (κ1) is 26.3. The quantitative estimate of drug-likeness (QED) is 0.295. The molecule has 1 heterocycles. The Morgan fingerprint density at radius 2 is 1.85 bits per heavy atom. The number of hydrogen-bond donors (Lipinski definition) is 1. The molecule has 7 nitrogen and oxygen atoms in total. The van der Waals surface area contributed by atoms with Crippen molar-refractivity contribution in [1.29, 1.82) is 0 Å². The highest BCUT2D eigenvalue weighted by Gasteiger charge is 2.35. The van der Waals surface area contributed by atoms with Gasteiger partial charge in [-0.2, -0.15) is 13.2 Å². The van der Waals surface area contributed by atoms with Gasteiger partial charge in [-0.25, -0.2) is 8.42 Å². The number of alkyl halides is 3. The number of amides is 1. The van der Waals surface area contributed by atoms with Crippen molar-refractivity contribution in [3.05, 3.63) is 58.6 Å². The summed E-state index contributed by atoms with van der Waals surface area (Å²) in [5.41, 5.74) is -0.806. The van der Waals surface area contributed by atoms with Gasteiger partial charge in [0.2, 0.25) is 11.0 Å². The van der Waals surface area contributed by atoms with Crippen LogP contribution in [0.25, 0.3) is 0 Å². The minimum atomic E-state index is -4.82. The number of hydrogen-bond acceptors (Lipinski definition) is 7. The Bertz CT molecular complexity index is 1280. The van der Waals surface area contributed by atoms with Gasteiger partial charge in [-0.15, -0.1) is 10.2 Å². The van der Waals surface area contributed by atoms with Crippen LogP contribution in [0.15, 0.2) is 51.7 Å². The fourth-order valence-corrected chi connectivity index (χ4v) is 6.07. The summed E-state index contributed by atoms with van der Waals surface area (Å²) in [4.78, 5) is 12.5. The highest BCUT2D eigenvalue weighted by molar-refractivity contribution is 8.01. The van der Waals surface area contributed by atoms with Gasteiger partial charge in [-0.05, 0) is 43.0 Å². The predicted octanol–water partition coefficient (Wildman–Crippen LogP) is 5.46. The van der Waals surface area contributed by atoms with Gasteiger partial charge in [0.1, 0.15) is 6.54 Å². The number of carbonyl (C=O) groups is 1. The molecule has 0 aliphatic carbocycles. The number of rotatable bonds is 8. The molecule has 34 heavy (non-hydrogen) atoms. The Balaban J connectivity index is 2.00. The average molecular weight is 551 g/mol. The third-order valence-corrected chi connectivity index (χ3v) is 8.33. The van der Waals surface area contributed by atoms with Crippen molar-refractivity contribution < 1.29 is 26.4 Å². The lowest BCUT2D eigenvalue weighted by atomic mass is 10.2. The van der Waals surface area contributed by atoms with Crippen LogP contribution in [0.2, 0.25) is 5.02 Å². The zero-order valence-corrected chi connectivity index (χ0v) is 21.0. The zero-order valence-electron chi connectivity index (χ0n) is 17.8. The van der Waals surface area contributed by atoms with Gasteiger partial charge in [0.15, 0.2) is 4.34 Å². The molecule has 3 aromatic rings. The lowest BCUT2D eigenvalue weighted by molar-refractivity contribution is -0.137. The summed E-state index contributed by atoms with van der Waals surface area (Å²) in [5, 5.41) is 9.71. The molecule has 0 bridgehead atoms. The molecule has 0 saturated heterocycles. The van der Waals surface area contributed by atoms with E-state index in [1.165, 1.54) is 23.9 Å². The molecule has 0 fully saturated rings. The molecule has 1 amide bonds. The second-order valence-corrected chi connectivity index (χ2v) is 11.6. The summed E-state index contributed by atoms with van der Waals surface area (Å²) in [6, 6.07) is 8.36. The summed E-state index contributed by atoms with van der Waals surface area (Å²) >= 11 is 8.20. The number of aryl methyl sites for hydroxylation is 1. The van der Waals surface area contributed by atoms with E-state index in [0.717, 1.165) is 34.8 Å². The van der Waals surface area contributed by atoms with Crippen molar-refractivity contribution in [2.24, 2.45) is 0 Å². The summed E-state index contributed by atoms with van der Waals surface area (Å²) in [7, 11) is -4.41. The first-order valence-electron chi connectivity index (χ1n) is 9.64. The molecule has 3 rings (SSSR count). The molecule has 0 spiro atoms. The van der Waals surface area contributed by atoms with Crippen LogP contribution in [0, 0.1) is 6.92 Å². The normalized spacial score (nSPS) is 11.9. The summed E-state index contributed by atoms with van der Waals surface area (Å²) in [6.45, 7) is 2.87. The van der Waals surface area contributed by atoms with E-state index in [9.17, 15) is 26.4 Å². The van der Waals surface area contributed by atoms with Gasteiger partial charge >= 0.3 is 6.18 Å². The van der Waals surface area contributed by atoms with E-state index in [1.807, 2.05) is 6.92 Å². The number of halogens is 4.